The van der Waals surface area contributed by atoms with Gasteiger partial charge in [-0.25, -0.2) is 0 Å². The van der Waals surface area contributed by atoms with Gasteiger partial charge >= 0.3 is 0 Å². The summed E-state index contributed by atoms with van der Waals surface area (Å²) >= 11 is 0. The molecule has 1 aliphatic carbocycles. The second-order valence-electron chi connectivity index (χ2n) is 16.2. The van der Waals surface area contributed by atoms with Crippen LogP contribution < -0.4 is 4.90 Å². The zero-order chi connectivity index (χ0) is 37.0. The van der Waals surface area contributed by atoms with E-state index in [2.05, 4.69) is 222 Å². The van der Waals surface area contributed by atoms with Gasteiger partial charge in [-0.2, -0.15) is 0 Å². The highest BCUT2D eigenvalue weighted by Gasteiger charge is 2.37. The van der Waals surface area contributed by atoms with E-state index in [0.717, 1.165) is 17.1 Å². The number of hydrogen-bond acceptors (Lipinski definition) is 1. The van der Waals surface area contributed by atoms with E-state index < -0.39 is 0 Å². The second kappa shape index (κ2) is 13.0. The van der Waals surface area contributed by atoms with Crippen molar-refractivity contribution in [2.24, 2.45) is 0 Å². The molecule has 0 bridgehead atoms. The van der Waals surface area contributed by atoms with E-state index in [0.29, 0.717) is 0 Å². The minimum absolute atomic E-state index is 0.0402. The molecule has 0 atom stereocenters. The van der Waals surface area contributed by atoms with Gasteiger partial charge in [0.05, 0.1) is 5.69 Å². The molecule has 1 heteroatoms. The summed E-state index contributed by atoms with van der Waals surface area (Å²) in [5, 5.41) is 2.45. The van der Waals surface area contributed by atoms with Gasteiger partial charge in [0, 0.05) is 22.4 Å². The van der Waals surface area contributed by atoms with Gasteiger partial charge in [0.25, 0.3) is 0 Å². The van der Waals surface area contributed by atoms with Crippen LogP contribution in [0.3, 0.4) is 0 Å². The Bertz CT molecular complexity index is 2640. The minimum Gasteiger partial charge on any atom is -0.310 e. The third kappa shape index (κ3) is 5.72. The average molecular weight is 696 g/mol. The number of benzene rings is 8. The molecule has 9 rings (SSSR count). The van der Waals surface area contributed by atoms with Crippen LogP contribution in [-0.2, 0) is 10.8 Å². The van der Waals surface area contributed by atoms with Gasteiger partial charge < -0.3 is 4.90 Å². The van der Waals surface area contributed by atoms with E-state index in [1.807, 2.05) is 0 Å². The summed E-state index contributed by atoms with van der Waals surface area (Å²) in [6.07, 6.45) is 0. The van der Waals surface area contributed by atoms with Crippen molar-refractivity contribution in [2.45, 2.75) is 45.4 Å². The summed E-state index contributed by atoms with van der Waals surface area (Å²) in [6.45, 7) is 11.7. The molecule has 0 heterocycles. The van der Waals surface area contributed by atoms with E-state index in [-0.39, 0.29) is 10.8 Å². The van der Waals surface area contributed by atoms with Gasteiger partial charge in [0.1, 0.15) is 0 Å². The van der Waals surface area contributed by atoms with Crippen LogP contribution in [-0.4, -0.2) is 0 Å². The maximum atomic E-state index is 2.49. The SMILES string of the molecule is CC(C)(C)c1ccccc1-c1cc2ccccc2cc1N(c1ccc(-c2ccccc2)cc1)c1ccc2c(c1)C(C)(C)c1cccc(-c3ccccc3)c1-2. The Hall–Kier alpha value is -6.18. The van der Waals surface area contributed by atoms with Crippen LogP contribution in [0.2, 0.25) is 0 Å². The van der Waals surface area contributed by atoms with Crippen LogP contribution in [0, 0.1) is 0 Å². The number of fused-ring (bicyclic) bond motifs is 4. The normalized spacial score (nSPS) is 13.1. The first kappa shape index (κ1) is 33.6. The lowest BCUT2D eigenvalue weighted by Gasteiger charge is -2.31. The largest absolute Gasteiger partial charge is 0.310 e. The van der Waals surface area contributed by atoms with Gasteiger partial charge in [0.15, 0.2) is 0 Å². The summed E-state index contributed by atoms with van der Waals surface area (Å²) in [5.41, 5.74) is 17.4. The fourth-order valence-corrected chi connectivity index (χ4v) is 8.63. The molecule has 1 nitrogen and oxygen atoms in total. The number of rotatable bonds is 6. The van der Waals surface area contributed by atoms with Crippen molar-refractivity contribution in [3.63, 3.8) is 0 Å². The first-order valence-corrected chi connectivity index (χ1v) is 19.1. The summed E-state index contributed by atoms with van der Waals surface area (Å²) < 4.78 is 0. The summed E-state index contributed by atoms with van der Waals surface area (Å²) in [5.74, 6) is 0. The van der Waals surface area contributed by atoms with E-state index in [9.17, 15) is 0 Å². The van der Waals surface area contributed by atoms with Crippen molar-refractivity contribution in [3.05, 3.63) is 199 Å². The highest BCUT2D eigenvalue weighted by molar-refractivity contribution is 6.00. The van der Waals surface area contributed by atoms with Gasteiger partial charge in [-0.05, 0) is 108 Å². The van der Waals surface area contributed by atoms with Crippen molar-refractivity contribution in [1.29, 1.82) is 0 Å². The minimum atomic E-state index is -0.181. The van der Waals surface area contributed by atoms with Gasteiger partial charge in [-0.3, -0.25) is 0 Å². The van der Waals surface area contributed by atoms with Crippen LogP contribution in [0.4, 0.5) is 17.1 Å². The maximum Gasteiger partial charge on any atom is 0.0546 e. The Kier molecular flexibility index (Phi) is 8.12. The lowest BCUT2D eigenvalue weighted by atomic mass is 9.81. The Morgan fingerprint density at radius 3 is 1.69 bits per heavy atom. The van der Waals surface area contributed by atoms with Crippen LogP contribution in [0.1, 0.15) is 51.3 Å². The Balaban J connectivity index is 1.30. The predicted molar refractivity (Wildman–Crippen MR) is 231 cm³/mol. The lowest BCUT2D eigenvalue weighted by molar-refractivity contribution is 0.592. The van der Waals surface area contributed by atoms with Crippen molar-refractivity contribution in [2.75, 3.05) is 4.90 Å². The Morgan fingerprint density at radius 2 is 0.981 bits per heavy atom. The molecule has 0 aromatic heterocycles. The highest BCUT2D eigenvalue weighted by atomic mass is 15.1. The fraction of sp³-hybridized carbons (Fsp3) is 0.132. The van der Waals surface area contributed by atoms with Crippen molar-refractivity contribution in [3.8, 4) is 44.5 Å². The molecular weight excluding hydrogens is 651 g/mol. The van der Waals surface area contributed by atoms with Crippen molar-refractivity contribution in [1.82, 2.24) is 0 Å². The van der Waals surface area contributed by atoms with E-state index in [1.54, 1.807) is 0 Å². The first-order chi connectivity index (χ1) is 26.2. The number of hydrogen-bond donors (Lipinski definition) is 0. The first-order valence-electron chi connectivity index (χ1n) is 19.1. The van der Waals surface area contributed by atoms with E-state index in [4.69, 9.17) is 0 Å². The van der Waals surface area contributed by atoms with Crippen molar-refractivity contribution < 1.29 is 0 Å². The van der Waals surface area contributed by atoms with Crippen molar-refractivity contribution >= 4 is 27.8 Å². The fourth-order valence-electron chi connectivity index (χ4n) is 8.63. The Morgan fingerprint density at radius 1 is 0.407 bits per heavy atom. The topological polar surface area (TPSA) is 3.24 Å². The molecule has 54 heavy (non-hydrogen) atoms. The van der Waals surface area contributed by atoms with Crippen LogP contribution in [0.5, 0.6) is 0 Å². The van der Waals surface area contributed by atoms with Gasteiger partial charge in [0.2, 0.25) is 0 Å². The smallest absolute Gasteiger partial charge is 0.0546 e. The molecule has 0 radical (unpaired) electrons. The standard InChI is InChI=1S/C53H45N/c1-52(2,3)47-25-15-14-23-44(47)46-33-39-21-12-13-22-40(39)34-50(46)54(41-29-27-37(28-30-41)36-17-8-6-9-18-36)42-31-32-45-49(35-42)53(4,5)48-26-16-24-43(51(45)48)38-19-10-7-11-20-38/h6-35H,1-5H3. The Labute approximate surface area is 320 Å². The molecule has 8 aromatic rings. The quantitative estimate of drug-likeness (QED) is 0.167. The zero-order valence-electron chi connectivity index (χ0n) is 31.8. The van der Waals surface area contributed by atoms with Crippen LogP contribution in [0.15, 0.2) is 182 Å². The molecule has 0 N–H and O–H groups in total. The molecule has 0 saturated heterocycles. The van der Waals surface area contributed by atoms with Crippen LogP contribution in [0.25, 0.3) is 55.3 Å². The second-order valence-corrected chi connectivity index (χ2v) is 16.2. The number of anilines is 3. The molecule has 8 aromatic carbocycles. The molecule has 0 amide bonds. The predicted octanol–water partition coefficient (Wildman–Crippen LogP) is 14.9. The molecule has 0 fully saturated rings. The lowest BCUT2D eigenvalue weighted by Crippen LogP contribution is -2.17. The monoisotopic (exact) mass is 695 g/mol. The molecule has 0 spiro atoms. The maximum absolute atomic E-state index is 2.49. The zero-order valence-corrected chi connectivity index (χ0v) is 31.8. The molecular formula is C53H45N. The average Bonchev–Trinajstić information content (AvgIpc) is 3.44. The summed E-state index contributed by atoms with van der Waals surface area (Å²) in [4.78, 5) is 2.49. The van der Waals surface area contributed by atoms with Gasteiger partial charge in [-0.1, -0.05) is 180 Å². The summed E-state index contributed by atoms with van der Waals surface area (Å²) in [7, 11) is 0. The molecule has 0 unspecified atom stereocenters. The van der Waals surface area contributed by atoms with E-state index >= 15 is 0 Å². The molecule has 1 aliphatic rings. The molecule has 262 valence electrons. The summed E-state index contributed by atoms with van der Waals surface area (Å²) in [6, 6.07) is 67.1. The highest BCUT2D eigenvalue weighted by Crippen LogP contribution is 2.54. The molecule has 0 aliphatic heterocycles. The van der Waals surface area contributed by atoms with Gasteiger partial charge in [-0.15, -0.1) is 0 Å². The number of nitrogens with zero attached hydrogens (tertiary/aromatic N) is 1. The van der Waals surface area contributed by atoms with Crippen LogP contribution >= 0.6 is 0 Å². The molecule has 0 saturated carbocycles. The third-order valence-electron chi connectivity index (χ3n) is 11.4. The third-order valence-corrected chi connectivity index (χ3v) is 11.4. The van der Waals surface area contributed by atoms with E-state index in [1.165, 1.54) is 72.0 Å².